The third-order valence-corrected chi connectivity index (χ3v) is 8.37. The number of aromatic nitrogens is 3. The number of rotatable bonds is 5. The molecule has 1 saturated heterocycles. The van der Waals surface area contributed by atoms with Crippen molar-refractivity contribution in [2.45, 2.75) is 56.7 Å². The smallest absolute Gasteiger partial charge is 0.333 e. The minimum atomic E-state index is -0.614. The van der Waals surface area contributed by atoms with E-state index < -0.39 is 17.1 Å². The van der Waals surface area contributed by atoms with E-state index in [9.17, 15) is 23.9 Å². The summed E-state index contributed by atoms with van der Waals surface area (Å²) in [6, 6.07) is 5.06. The number of hydrogen-bond acceptors (Lipinski definition) is 7. The van der Waals surface area contributed by atoms with E-state index in [1.165, 1.54) is 29.9 Å². The van der Waals surface area contributed by atoms with E-state index in [0.29, 0.717) is 31.2 Å². The highest BCUT2D eigenvalue weighted by Crippen LogP contribution is 2.31. The van der Waals surface area contributed by atoms with Gasteiger partial charge in [0.1, 0.15) is 11.5 Å². The van der Waals surface area contributed by atoms with Gasteiger partial charge in [-0.3, -0.25) is 18.7 Å². The maximum atomic E-state index is 14.1. The fourth-order valence-electron chi connectivity index (χ4n) is 5.38. The Balaban J connectivity index is 1.38. The van der Waals surface area contributed by atoms with Crippen LogP contribution in [0.3, 0.4) is 0 Å². The number of fused-ring (bicyclic) bond motifs is 1. The van der Waals surface area contributed by atoms with E-state index in [2.05, 4.69) is 10.3 Å². The predicted molar refractivity (Wildman–Crippen MR) is 139 cm³/mol. The minimum absolute atomic E-state index is 0.0856. The molecule has 0 radical (unpaired) electrons. The summed E-state index contributed by atoms with van der Waals surface area (Å²) < 4.78 is 22.0. The van der Waals surface area contributed by atoms with Crippen LogP contribution in [-0.4, -0.2) is 49.8 Å². The van der Waals surface area contributed by atoms with E-state index in [-0.39, 0.29) is 46.6 Å². The number of phenols is 1. The Morgan fingerprint density at radius 1 is 1.08 bits per heavy atom. The molecule has 37 heavy (non-hydrogen) atoms. The molecule has 196 valence electrons. The van der Waals surface area contributed by atoms with Crippen molar-refractivity contribution in [3.05, 3.63) is 62.7 Å². The first kappa shape index (κ1) is 25.3. The number of nitrogens with zero attached hydrogens (tertiary/aromatic N) is 3. The average Bonchev–Trinajstić information content (AvgIpc) is 2.90. The number of amides is 1. The van der Waals surface area contributed by atoms with Gasteiger partial charge in [-0.25, -0.2) is 14.2 Å². The lowest BCUT2D eigenvalue weighted by Crippen LogP contribution is -2.46. The van der Waals surface area contributed by atoms with E-state index in [1.807, 2.05) is 11.8 Å². The molecule has 3 heterocycles. The molecule has 0 atom stereocenters. The van der Waals surface area contributed by atoms with Gasteiger partial charge < -0.3 is 15.2 Å². The third-order valence-electron chi connectivity index (χ3n) is 7.32. The van der Waals surface area contributed by atoms with Gasteiger partial charge in [-0.2, -0.15) is 11.8 Å². The van der Waals surface area contributed by atoms with Gasteiger partial charge in [-0.05, 0) is 74.3 Å². The largest absolute Gasteiger partial charge is 0.504 e. The first-order valence-corrected chi connectivity index (χ1v) is 13.6. The number of thioether (sulfide) groups is 1. The van der Waals surface area contributed by atoms with Crippen molar-refractivity contribution >= 4 is 28.7 Å². The van der Waals surface area contributed by atoms with Crippen molar-refractivity contribution in [1.82, 2.24) is 19.4 Å². The van der Waals surface area contributed by atoms with Crippen LogP contribution in [0.25, 0.3) is 11.0 Å². The molecular formula is C26H29FN4O5S. The second kappa shape index (κ2) is 10.6. The van der Waals surface area contributed by atoms with Crippen molar-refractivity contribution in [3.8, 4) is 11.5 Å². The van der Waals surface area contributed by atoms with Crippen molar-refractivity contribution in [3.63, 3.8) is 0 Å². The fraction of sp³-hybridized carbons (Fsp3) is 0.462. The zero-order chi connectivity index (χ0) is 26.1. The van der Waals surface area contributed by atoms with E-state index in [0.717, 1.165) is 30.5 Å². The van der Waals surface area contributed by atoms with Gasteiger partial charge in [0.15, 0.2) is 11.5 Å². The van der Waals surface area contributed by atoms with Crippen LogP contribution < -0.4 is 21.3 Å². The molecule has 0 spiro atoms. The highest BCUT2D eigenvalue weighted by Gasteiger charge is 2.30. The van der Waals surface area contributed by atoms with Crippen molar-refractivity contribution in [2.24, 2.45) is 0 Å². The number of methoxy groups -OCH3 is 1. The number of hydrogen-bond donors (Lipinski definition) is 2. The topological polar surface area (TPSA) is 115 Å². The quantitative estimate of drug-likeness (QED) is 0.522. The predicted octanol–water partition coefficient (Wildman–Crippen LogP) is 3.39. The van der Waals surface area contributed by atoms with Crippen LogP contribution >= 0.6 is 11.8 Å². The molecule has 0 bridgehead atoms. The van der Waals surface area contributed by atoms with Crippen LogP contribution in [0.2, 0.25) is 0 Å². The lowest BCUT2D eigenvalue weighted by atomic mass is 9.90. The Hall–Kier alpha value is -3.34. The number of pyridine rings is 1. The number of aromatic hydroxyl groups is 1. The molecule has 0 unspecified atom stereocenters. The van der Waals surface area contributed by atoms with Crippen LogP contribution in [0.4, 0.5) is 4.39 Å². The van der Waals surface area contributed by atoms with Gasteiger partial charge in [0.25, 0.3) is 11.5 Å². The van der Waals surface area contributed by atoms with Gasteiger partial charge in [0.2, 0.25) is 0 Å². The molecule has 2 aromatic heterocycles. The molecule has 1 aromatic carbocycles. The standard InChI is InChI=1S/C26H29FN4O5S/c1-36-22-7-2-15(12-21(22)32)24(33)29-17-3-5-18(6-4-17)31-25(34)20-13-16(27)14-28-23(20)30(26(31)35)19-8-10-37-11-9-19/h2,7,12-14,17-19,32H,3-6,8-11H2,1H3,(H,29,33)/t17-,18+. The van der Waals surface area contributed by atoms with E-state index >= 15 is 0 Å². The Kier molecular flexibility index (Phi) is 7.23. The monoisotopic (exact) mass is 528 g/mol. The molecule has 1 saturated carbocycles. The molecule has 1 amide bonds. The summed E-state index contributed by atoms with van der Waals surface area (Å²) in [4.78, 5) is 44.0. The Labute approximate surface area is 216 Å². The van der Waals surface area contributed by atoms with E-state index in [1.54, 1.807) is 10.6 Å². The normalized spacial score (nSPS) is 20.6. The van der Waals surface area contributed by atoms with E-state index in [4.69, 9.17) is 4.74 Å². The molecule has 11 heteroatoms. The number of ether oxygens (including phenoxy) is 1. The minimum Gasteiger partial charge on any atom is -0.504 e. The SMILES string of the molecule is COc1ccc(C(=O)N[C@H]2CC[C@@H](n3c(=O)c4cc(F)cnc4n(C4CCSCC4)c3=O)CC2)cc1O. The molecule has 2 aliphatic rings. The average molecular weight is 529 g/mol. The molecule has 9 nitrogen and oxygen atoms in total. The summed E-state index contributed by atoms with van der Waals surface area (Å²) in [6.45, 7) is 0. The highest BCUT2D eigenvalue weighted by molar-refractivity contribution is 7.99. The number of halogens is 1. The molecule has 3 aromatic rings. The number of carbonyl (C=O) groups is 1. The molecule has 2 N–H and O–H groups in total. The first-order chi connectivity index (χ1) is 17.9. The lowest BCUT2D eigenvalue weighted by molar-refractivity contribution is 0.0921. The van der Waals surface area contributed by atoms with Crippen LogP contribution in [0.15, 0.2) is 40.1 Å². The van der Waals surface area contributed by atoms with Crippen LogP contribution in [-0.2, 0) is 0 Å². The summed E-state index contributed by atoms with van der Waals surface area (Å²) in [6.07, 6.45) is 4.81. The summed E-state index contributed by atoms with van der Waals surface area (Å²) >= 11 is 1.83. The Bertz CT molecular complexity index is 1440. The van der Waals surface area contributed by atoms with Crippen molar-refractivity contribution in [2.75, 3.05) is 18.6 Å². The zero-order valence-corrected chi connectivity index (χ0v) is 21.3. The van der Waals surface area contributed by atoms with Gasteiger partial charge in [-0.15, -0.1) is 0 Å². The summed E-state index contributed by atoms with van der Waals surface area (Å²) in [5.74, 6) is 1.06. The Morgan fingerprint density at radius 2 is 1.78 bits per heavy atom. The summed E-state index contributed by atoms with van der Waals surface area (Å²) in [5, 5.41) is 13.1. The lowest BCUT2D eigenvalue weighted by Gasteiger charge is -2.31. The van der Waals surface area contributed by atoms with Gasteiger partial charge in [0.05, 0.1) is 18.7 Å². The first-order valence-electron chi connectivity index (χ1n) is 12.4. The molecule has 1 aliphatic heterocycles. The number of phenolic OH excluding ortho intramolecular Hbond substituents is 1. The highest BCUT2D eigenvalue weighted by atomic mass is 32.2. The molecule has 5 rings (SSSR count). The third kappa shape index (κ3) is 4.96. The van der Waals surface area contributed by atoms with Gasteiger partial charge in [0, 0.05) is 23.7 Å². The zero-order valence-electron chi connectivity index (χ0n) is 20.5. The Morgan fingerprint density at radius 3 is 2.46 bits per heavy atom. The fourth-order valence-corrected chi connectivity index (χ4v) is 6.46. The van der Waals surface area contributed by atoms with Crippen LogP contribution in [0.1, 0.15) is 61.0 Å². The molecule has 2 fully saturated rings. The van der Waals surface area contributed by atoms with Gasteiger partial charge >= 0.3 is 5.69 Å². The molecular weight excluding hydrogens is 499 g/mol. The number of benzene rings is 1. The maximum Gasteiger partial charge on any atom is 0.333 e. The second-order valence-corrected chi connectivity index (χ2v) is 10.8. The maximum absolute atomic E-state index is 14.1. The van der Waals surface area contributed by atoms with Crippen LogP contribution in [0, 0.1) is 5.82 Å². The molecule has 1 aliphatic carbocycles. The number of carbonyl (C=O) groups excluding carboxylic acids is 1. The summed E-state index contributed by atoms with van der Waals surface area (Å²) in [5.41, 5.74) is -0.355. The number of nitrogens with one attached hydrogen (secondary N) is 1. The van der Waals surface area contributed by atoms with Crippen LogP contribution in [0.5, 0.6) is 11.5 Å². The van der Waals surface area contributed by atoms with Crippen molar-refractivity contribution < 1.29 is 19.0 Å². The van der Waals surface area contributed by atoms with Gasteiger partial charge in [-0.1, -0.05) is 0 Å². The summed E-state index contributed by atoms with van der Waals surface area (Å²) in [7, 11) is 1.43. The second-order valence-electron chi connectivity index (χ2n) is 9.56. The van der Waals surface area contributed by atoms with Crippen molar-refractivity contribution in [1.29, 1.82) is 0 Å².